The molecule has 0 unspecified atom stereocenters. The van der Waals surface area contributed by atoms with E-state index in [0.29, 0.717) is 23.4 Å². The summed E-state index contributed by atoms with van der Waals surface area (Å²) in [6, 6.07) is 10.9. The lowest BCUT2D eigenvalue weighted by Crippen LogP contribution is -2.12. The first-order valence-electron chi connectivity index (χ1n) is 6.48. The summed E-state index contributed by atoms with van der Waals surface area (Å²) in [6.45, 7) is 3.69. The molecule has 2 rings (SSSR count). The summed E-state index contributed by atoms with van der Waals surface area (Å²) in [5.41, 5.74) is 1.78. The van der Waals surface area contributed by atoms with Crippen molar-refractivity contribution in [3.8, 4) is 5.75 Å². The van der Waals surface area contributed by atoms with Gasteiger partial charge in [-0.3, -0.25) is 4.79 Å². The maximum Gasteiger partial charge on any atom is 0.255 e. The van der Waals surface area contributed by atoms with Crippen LogP contribution in [0.2, 0.25) is 0 Å². The van der Waals surface area contributed by atoms with Crippen molar-refractivity contribution in [1.29, 1.82) is 0 Å². The topological polar surface area (TPSA) is 38.3 Å². The van der Waals surface area contributed by atoms with Gasteiger partial charge in [-0.2, -0.15) is 0 Å². The maximum atomic E-state index is 13.1. The van der Waals surface area contributed by atoms with Crippen molar-refractivity contribution >= 4 is 11.6 Å². The van der Waals surface area contributed by atoms with Crippen LogP contribution in [0, 0.1) is 5.82 Å². The van der Waals surface area contributed by atoms with Crippen LogP contribution in [0.4, 0.5) is 10.1 Å². The molecule has 0 spiro atoms. The Labute approximate surface area is 123 Å². The second-order valence-electron chi connectivity index (χ2n) is 4.48. The number of anilines is 1. The Morgan fingerprint density at radius 1 is 1.33 bits per heavy atom. The number of methoxy groups -OCH3 is 1. The summed E-state index contributed by atoms with van der Waals surface area (Å²) in [5, 5.41) is 2.66. The molecule has 0 aliphatic rings. The van der Waals surface area contributed by atoms with Crippen LogP contribution < -0.4 is 10.1 Å². The SMILES string of the molecule is C=CCc1cc(C(=O)Nc2cccc(F)c2)ccc1OC. The quantitative estimate of drug-likeness (QED) is 0.848. The van der Waals surface area contributed by atoms with Gasteiger partial charge >= 0.3 is 0 Å². The van der Waals surface area contributed by atoms with Gasteiger partial charge in [0, 0.05) is 11.3 Å². The van der Waals surface area contributed by atoms with Crippen LogP contribution in [0.15, 0.2) is 55.1 Å². The minimum absolute atomic E-state index is 0.298. The van der Waals surface area contributed by atoms with E-state index in [1.807, 2.05) is 0 Å². The molecule has 4 heteroatoms. The number of allylic oxidation sites excluding steroid dienone is 1. The van der Waals surface area contributed by atoms with Crippen LogP contribution in [-0.2, 0) is 6.42 Å². The van der Waals surface area contributed by atoms with Gasteiger partial charge in [0.15, 0.2) is 0 Å². The summed E-state index contributed by atoms with van der Waals surface area (Å²) < 4.78 is 18.3. The standard InChI is InChI=1S/C17H16FNO2/c1-3-5-12-10-13(8-9-16(12)21-2)17(20)19-15-7-4-6-14(18)11-15/h3-4,6-11H,1,5H2,2H3,(H,19,20). The van der Waals surface area contributed by atoms with Crippen LogP contribution in [0.25, 0.3) is 0 Å². The normalized spacial score (nSPS) is 10.0. The average molecular weight is 285 g/mol. The Balaban J connectivity index is 2.22. The molecule has 3 nitrogen and oxygen atoms in total. The van der Waals surface area contributed by atoms with E-state index in [2.05, 4.69) is 11.9 Å². The van der Waals surface area contributed by atoms with E-state index < -0.39 is 5.82 Å². The van der Waals surface area contributed by atoms with E-state index in [-0.39, 0.29) is 5.91 Å². The summed E-state index contributed by atoms with van der Waals surface area (Å²) >= 11 is 0. The third-order valence-corrected chi connectivity index (χ3v) is 2.99. The molecule has 0 radical (unpaired) electrons. The van der Waals surface area contributed by atoms with Crippen molar-refractivity contribution in [2.75, 3.05) is 12.4 Å². The van der Waals surface area contributed by atoms with Crippen LogP contribution in [0.3, 0.4) is 0 Å². The lowest BCUT2D eigenvalue weighted by molar-refractivity contribution is 0.102. The number of carbonyl (C=O) groups excluding carboxylic acids is 1. The molecular weight excluding hydrogens is 269 g/mol. The number of nitrogens with one attached hydrogen (secondary N) is 1. The Hall–Kier alpha value is -2.62. The number of halogens is 1. The Morgan fingerprint density at radius 2 is 2.14 bits per heavy atom. The van der Waals surface area contributed by atoms with E-state index in [9.17, 15) is 9.18 Å². The van der Waals surface area contributed by atoms with Gasteiger partial charge in [-0.25, -0.2) is 4.39 Å². The van der Waals surface area contributed by atoms with Crippen molar-refractivity contribution in [1.82, 2.24) is 0 Å². The fraction of sp³-hybridized carbons (Fsp3) is 0.118. The summed E-state index contributed by atoms with van der Waals surface area (Å²) in [7, 11) is 1.58. The molecule has 0 saturated carbocycles. The molecule has 0 bridgehead atoms. The molecule has 108 valence electrons. The molecule has 0 aliphatic heterocycles. The number of ether oxygens (including phenoxy) is 1. The van der Waals surface area contributed by atoms with Gasteiger partial charge in [0.1, 0.15) is 11.6 Å². The van der Waals surface area contributed by atoms with E-state index in [4.69, 9.17) is 4.74 Å². The molecule has 0 atom stereocenters. The maximum absolute atomic E-state index is 13.1. The Kier molecular flexibility index (Phi) is 4.72. The number of rotatable bonds is 5. The highest BCUT2D eigenvalue weighted by atomic mass is 19.1. The van der Waals surface area contributed by atoms with Crippen LogP contribution in [0.5, 0.6) is 5.75 Å². The molecule has 0 heterocycles. The predicted molar refractivity (Wildman–Crippen MR) is 81.2 cm³/mol. The summed E-state index contributed by atoms with van der Waals surface area (Å²) in [6.07, 6.45) is 2.34. The molecule has 1 N–H and O–H groups in total. The van der Waals surface area contributed by atoms with E-state index in [1.54, 1.807) is 43.5 Å². The second kappa shape index (κ2) is 6.70. The largest absolute Gasteiger partial charge is 0.496 e. The van der Waals surface area contributed by atoms with E-state index in [0.717, 1.165) is 5.56 Å². The van der Waals surface area contributed by atoms with Crippen molar-refractivity contribution in [2.24, 2.45) is 0 Å². The summed E-state index contributed by atoms with van der Waals surface area (Å²) in [4.78, 5) is 12.2. The highest BCUT2D eigenvalue weighted by molar-refractivity contribution is 6.04. The first-order chi connectivity index (χ1) is 10.1. The third-order valence-electron chi connectivity index (χ3n) is 2.99. The minimum Gasteiger partial charge on any atom is -0.496 e. The monoisotopic (exact) mass is 285 g/mol. The average Bonchev–Trinajstić information content (AvgIpc) is 2.47. The number of hydrogen-bond acceptors (Lipinski definition) is 2. The first-order valence-corrected chi connectivity index (χ1v) is 6.48. The number of hydrogen-bond donors (Lipinski definition) is 1. The first kappa shape index (κ1) is 14.8. The van der Waals surface area contributed by atoms with Gasteiger partial charge in [-0.15, -0.1) is 6.58 Å². The van der Waals surface area contributed by atoms with Crippen molar-refractivity contribution in [3.63, 3.8) is 0 Å². The lowest BCUT2D eigenvalue weighted by atomic mass is 10.1. The molecule has 0 aromatic heterocycles. The minimum atomic E-state index is -0.394. The van der Waals surface area contributed by atoms with Crippen LogP contribution >= 0.6 is 0 Å². The molecule has 0 fully saturated rings. The van der Waals surface area contributed by atoms with Gasteiger partial charge in [0.2, 0.25) is 0 Å². The van der Waals surface area contributed by atoms with Gasteiger partial charge < -0.3 is 10.1 Å². The van der Waals surface area contributed by atoms with Crippen molar-refractivity contribution < 1.29 is 13.9 Å². The zero-order valence-corrected chi connectivity index (χ0v) is 11.7. The number of carbonyl (C=O) groups is 1. The molecule has 2 aromatic carbocycles. The molecular formula is C17H16FNO2. The zero-order chi connectivity index (χ0) is 15.2. The van der Waals surface area contributed by atoms with Gasteiger partial charge in [0.05, 0.1) is 7.11 Å². The zero-order valence-electron chi connectivity index (χ0n) is 11.7. The fourth-order valence-electron chi connectivity index (χ4n) is 2.00. The fourth-order valence-corrected chi connectivity index (χ4v) is 2.00. The van der Waals surface area contributed by atoms with E-state index >= 15 is 0 Å². The van der Waals surface area contributed by atoms with Gasteiger partial charge in [-0.1, -0.05) is 12.1 Å². The molecule has 1 amide bonds. The molecule has 0 saturated heterocycles. The van der Waals surface area contributed by atoms with Crippen LogP contribution in [-0.4, -0.2) is 13.0 Å². The Morgan fingerprint density at radius 3 is 2.81 bits per heavy atom. The van der Waals surface area contributed by atoms with Crippen molar-refractivity contribution in [3.05, 3.63) is 72.1 Å². The number of benzene rings is 2. The predicted octanol–water partition coefficient (Wildman–Crippen LogP) is 3.82. The Bertz CT molecular complexity index is 668. The highest BCUT2D eigenvalue weighted by Gasteiger charge is 2.10. The lowest BCUT2D eigenvalue weighted by Gasteiger charge is -2.10. The summed E-state index contributed by atoms with van der Waals surface area (Å²) in [5.74, 6) is 0.0145. The molecule has 21 heavy (non-hydrogen) atoms. The third kappa shape index (κ3) is 3.69. The van der Waals surface area contributed by atoms with Crippen LogP contribution in [0.1, 0.15) is 15.9 Å². The molecule has 2 aromatic rings. The highest BCUT2D eigenvalue weighted by Crippen LogP contribution is 2.21. The number of amides is 1. The molecule has 0 aliphatic carbocycles. The van der Waals surface area contributed by atoms with Gasteiger partial charge in [-0.05, 0) is 48.4 Å². The van der Waals surface area contributed by atoms with Gasteiger partial charge in [0.25, 0.3) is 5.91 Å². The van der Waals surface area contributed by atoms with Crippen molar-refractivity contribution in [2.45, 2.75) is 6.42 Å². The van der Waals surface area contributed by atoms with E-state index in [1.165, 1.54) is 12.1 Å². The second-order valence-corrected chi connectivity index (χ2v) is 4.48. The smallest absolute Gasteiger partial charge is 0.255 e.